The van der Waals surface area contributed by atoms with Crippen LogP contribution in [0.4, 0.5) is 0 Å². The second-order valence-corrected chi connectivity index (χ2v) is 5.02. The first-order chi connectivity index (χ1) is 8.54. The highest BCUT2D eigenvalue weighted by Gasteiger charge is 2.13. The number of halogens is 1. The Hall–Kier alpha value is -1.14. The lowest BCUT2D eigenvalue weighted by atomic mass is 10.2. The van der Waals surface area contributed by atoms with Crippen LogP contribution >= 0.6 is 28.1 Å². The van der Waals surface area contributed by atoms with Crippen molar-refractivity contribution in [2.24, 2.45) is 5.73 Å². The highest BCUT2D eigenvalue weighted by atomic mass is 79.9. The van der Waals surface area contributed by atoms with Crippen LogP contribution in [0.15, 0.2) is 22.7 Å². The van der Waals surface area contributed by atoms with Crippen molar-refractivity contribution in [1.29, 1.82) is 0 Å². The highest BCUT2D eigenvalue weighted by molar-refractivity contribution is 9.10. The third-order valence-electron chi connectivity index (χ3n) is 2.18. The van der Waals surface area contributed by atoms with Crippen LogP contribution in [0.1, 0.15) is 30.1 Å². The van der Waals surface area contributed by atoms with E-state index in [9.17, 15) is 4.79 Å². The summed E-state index contributed by atoms with van der Waals surface area (Å²) in [4.78, 5) is 11.9. The molecule has 0 aliphatic carbocycles. The highest BCUT2D eigenvalue weighted by Crippen LogP contribution is 2.23. The Balaban J connectivity index is 2.88. The third kappa shape index (κ3) is 4.62. The molecule has 0 atom stereocenters. The van der Waals surface area contributed by atoms with Gasteiger partial charge in [-0.2, -0.15) is 0 Å². The monoisotopic (exact) mass is 330 g/mol. The third-order valence-corrected chi connectivity index (χ3v) is 2.77. The second kappa shape index (κ2) is 7.33. The topological polar surface area (TPSA) is 64.3 Å². The Morgan fingerprint density at radius 2 is 2.28 bits per heavy atom. The number of carbonyl (C=O) groups is 1. The smallest absolute Gasteiger partial charge is 0.261 e. The fourth-order valence-corrected chi connectivity index (χ4v) is 1.76. The Labute approximate surface area is 120 Å². The number of unbranched alkanes of at least 4 members (excludes halogenated alkanes) is 1. The minimum Gasteiger partial charge on any atom is -0.493 e. The van der Waals surface area contributed by atoms with Crippen molar-refractivity contribution in [3.8, 4) is 5.75 Å². The summed E-state index contributed by atoms with van der Waals surface area (Å²) in [5.41, 5.74) is 5.70. The van der Waals surface area contributed by atoms with Crippen LogP contribution in [-0.2, 0) is 0 Å². The molecule has 1 amide bonds. The molecule has 0 radical (unpaired) electrons. The summed E-state index contributed by atoms with van der Waals surface area (Å²) in [5.74, 6) is 0.163. The molecule has 6 heteroatoms. The number of nitrogens with one attached hydrogen (secondary N) is 1. The van der Waals surface area contributed by atoms with Gasteiger partial charge in [0.25, 0.3) is 5.91 Å². The zero-order valence-electron chi connectivity index (χ0n) is 10.0. The van der Waals surface area contributed by atoms with Gasteiger partial charge in [-0.25, -0.2) is 0 Å². The number of benzene rings is 1. The number of amides is 1. The van der Waals surface area contributed by atoms with Crippen molar-refractivity contribution in [1.82, 2.24) is 5.32 Å². The van der Waals surface area contributed by atoms with E-state index in [0.29, 0.717) is 17.9 Å². The molecule has 1 aromatic carbocycles. The maximum absolute atomic E-state index is 11.9. The fourth-order valence-electron chi connectivity index (χ4n) is 1.31. The molecule has 1 aromatic rings. The minimum atomic E-state index is -0.365. The molecule has 0 heterocycles. The predicted octanol–water partition coefficient (Wildman–Crippen LogP) is 2.60. The van der Waals surface area contributed by atoms with Gasteiger partial charge in [-0.1, -0.05) is 29.3 Å². The first kappa shape index (κ1) is 14.9. The average molecular weight is 331 g/mol. The number of nitrogens with two attached hydrogens (primary N) is 1. The van der Waals surface area contributed by atoms with Gasteiger partial charge in [0.15, 0.2) is 5.11 Å². The lowest BCUT2D eigenvalue weighted by Crippen LogP contribution is -2.35. The van der Waals surface area contributed by atoms with E-state index in [0.717, 1.165) is 17.3 Å². The first-order valence-electron chi connectivity index (χ1n) is 5.57. The molecule has 0 aliphatic heterocycles. The van der Waals surface area contributed by atoms with E-state index in [-0.39, 0.29) is 11.0 Å². The van der Waals surface area contributed by atoms with Gasteiger partial charge in [-0.3, -0.25) is 10.1 Å². The van der Waals surface area contributed by atoms with Crippen LogP contribution in [0.3, 0.4) is 0 Å². The molecule has 0 aromatic heterocycles. The maximum atomic E-state index is 11.9. The van der Waals surface area contributed by atoms with Gasteiger partial charge in [0.05, 0.1) is 12.2 Å². The van der Waals surface area contributed by atoms with E-state index < -0.39 is 0 Å². The van der Waals surface area contributed by atoms with Gasteiger partial charge >= 0.3 is 0 Å². The lowest BCUT2D eigenvalue weighted by molar-refractivity contribution is 0.0973. The van der Waals surface area contributed by atoms with Gasteiger partial charge in [0.1, 0.15) is 5.75 Å². The summed E-state index contributed by atoms with van der Waals surface area (Å²) in [7, 11) is 0. The van der Waals surface area contributed by atoms with Crippen LogP contribution in [0.5, 0.6) is 5.75 Å². The number of hydrogen-bond donors (Lipinski definition) is 2. The lowest BCUT2D eigenvalue weighted by Gasteiger charge is -2.11. The molecular formula is C12H15BrN2O2S. The maximum Gasteiger partial charge on any atom is 0.261 e. The van der Waals surface area contributed by atoms with Crippen LogP contribution in [0.2, 0.25) is 0 Å². The predicted molar refractivity (Wildman–Crippen MR) is 78.8 cm³/mol. The van der Waals surface area contributed by atoms with Crippen LogP contribution in [0, 0.1) is 0 Å². The molecule has 18 heavy (non-hydrogen) atoms. The normalized spacial score (nSPS) is 9.89. The van der Waals surface area contributed by atoms with Crippen molar-refractivity contribution in [3.63, 3.8) is 0 Å². The molecule has 0 aliphatic rings. The summed E-state index contributed by atoms with van der Waals surface area (Å²) >= 11 is 7.96. The van der Waals surface area contributed by atoms with Gasteiger partial charge in [-0.15, -0.1) is 0 Å². The molecule has 1 rings (SSSR count). The van der Waals surface area contributed by atoms with E-state index in [2.05, 4.69) is 40.4 Å². The van der Waals surface area contributed by atoms with E-state index >= 15 is 0 Å². The fraction of sp³-hybridized carbons (Fsp3) is 0.333. The molecule has 0 fully saturated rings. The number of rotatable bonds is 5. The number of carbonyl (C=O) groups excluding carboxylic acids is 1. The molecule has 3 N–H and O–H groups in total. The van der Waals surface area contributed by atoms with Crippen LogP contribution in [-0.4, -0.2) is 17.6 Å². The number of hydrogen-bond acceptors (Lipinski definition) is 3. The number of thiocarbonyl (C=S) groups is 1. The zero-order valence-corrected chi connectivity index (χ0v) is 12.4. The van der Waals surface area contributed by atoms with Crippen molar-refractivity contribution < 1.29 is 9.53 Å². The van der Waals surface area contributed by atoms with Gasteiger partial charge in [0.2, 0.25) is 0 Å². The largest absolute Gasteiger partial charge is 0.493 e. The molecule has 0 unspecified atom stereocenters. The van der Waals surface area contributed by atoms with E-state index in [4.69, 9.17) is 10.5 Å². The first-order valence-corrected chi connectivity index (χ1v) is 6.78. The Kier molecular flexibility index (Phi) is 6.07. The average Bonchev–Trinajstić information content (AvgIpc) is 2.30. The summed E-state index contributed by atoms with van der Waals surface area (Å²) < 4.78 is 6.36. The van der Waals surface area contributed by atoms with Crippen molar-refractivity contribution in [3.05, 3.63) is 28.2 Å². The van der Waals surface area contributed by atoms with Crippen LogP contribution in [0.25, 0.3) is 0 Å². The molecule has 4 nitrogen and oxygen atoms in total. The van der Waals surface area contributed by atoms with Crippen molar-refractivity contribution in [2.75, 3.05) is 6.61 Å². The molecule has 0 spiro atoms. The van der Waals surface area contributed by atoms with E-state index in [1.165, 1.54) is 0 Å². The summed E-state index contributed by atoms with van der Waals surface area (Å²) in [6.07, 6.45) is 1.97. The molecule has 98 valence electrons. The quantitative estimate of drug-likeness (QED) is 0.643. The van der Waals surface area contributed by atoms with Gasteiger partial charge in [-0.05, 0) is 36.8 Å². The number of ether oxygens (including phenoxy) is 1. The minimum absolute atomic E-state index is 0.0560. The van der Waals surface area contributed by atoms with Gasteiger partial charge in [0, 0.05) is 4.47 Å². The Morgan fingerprint density at radius 1 is 1.56 bits per heavy atom. The summed E-state index contributed by atoms with van der Waals surface area (Å²) in [6, 6.07) is 5.24. The van der Waals surface area contributed by atoms with Gasteiger partial charge < -0.3 is 10.5 Å². The summed E-state index contributed by atoms with van der Waals surface area (Å²) in [6.45, 7) is 2.65. The molecule has 0 saturated carbocycles. The standard InChI is InChI=1S/C12H15BrN2O2S/c1-2-3-6-17-10-5-4-8(13)7-9(10)11(16)15-12(14)18/h4-5,7H,2-3,6H2,1H3,(H3,14,15,16,18). The zero-order chi connectivity index (χ0) is 13.5. The SMILES string of the molecule is CCCCOc1ccc(Br)cc1C(=O)NC(N)=S. The molecule has 0 saturated heterocycles. The molecular weight excluding hydrogens is 316 g/mol. The Bertz CT molecular complexity index is 452. The van der Waals surface area contributed by atoms with Crippen molar-refractivity contribution in [2.45, 2.75) is 19.8 Å². The van der Waals surface area contributed by atoms with Crippen LogP contribution < -0.4 is 15.8 Å². The van der Waals surface area contributed by atoms with Crippen molar-refractivity contribution >= 4 is 39.2 Å². The summed E-state index contributed by atoms with van der Waals surface area (Å²) in [5, 5.41) is 2.33. The van der Waals surface area contributed by atoms with E-state index in [1.807, 2.05) is 6.07 Å². The molecule has 0 bridgehead atoms. The second-order valence-electron chi connectivity index (χ2n) is 3.66. The Morgan fingerprint density at radius 3 is 2.89 bits per heavy atom. The van der Waals surface area contributed by atoms with E-state index in [1.54, 1.807) is 12.1 Å².